The average Bonchev–Trinajstić information content (AvgIpc) is 3.23. The lowest BCUT2D eigenvalue weighted by molar-refractivity contribution is 1.18. The smallest absolute Gasteiger partial charge is 0.252 e. The average molecular weight is 678 g/mol. The molecule has 53 heavy (non-hydrogen) atoms. The summed E-state index contributed by atoms with van der Waals surface area (Å²) in [5.74, 6) is 0. The van der Waals surface area contributed by atoms with E-state index in [1.807, 2.05) is 12.1 Å². The second kappa shape index (κ2) is 12.6. The first-order valence-corrected chi connectivity index (χ1v) is 18.3. The highest BCUT2D eigenvalue weighted by atomic mass is 15.1. The molecule has 0 spiro atoms. The van der Waals surface area contributed by atoms with Gasteiger partial charge in [-0.15, -0.1) is 0 Å². The van der Waals surface area contributed by atoms with Crippen LogP contribution >= 0.6 is 0 Å². The SMILES string of the molecule is [2H]c1cc(-c2cccc(-c3cc4c5c(c3)N(C)c3ccccc3B5c3ccccc3N4C)c2)cc(-c2cc(-c3ccccc3)cc(-c3ccccc3)c2)c1. The zero-order valence-corrected chi connectivity index (χ0v) is 29.8. The molecule has 8 aromatic carbocycles. The summed E-state index contributed by atoms with van der Waals surface area (Å²) >= 11 is 0. The van der Waals surface area contributed by atoms with Crippen molar-refractivity contribution >= 4 is 45.9 Å². The summed E-state index contributed by atoms with van der Waals surface area (Å²) in [6.45, 7) is 0.177. The summed E-state index contributed by atoms with van der Waals surface area (Å²) in [5.41, 5.74) is 20.2. The molecule has 0 unspecified atom stereocenters. The maximum absolute atomic E-state index is 8.96. The van der Waals surface area contributed by atoms with Gasteiger partial charge < -0.3 is 9.80 Å². The van der Waals surface area contributed by atoms with Crippen LogP contribution in [-0.4, -0.2) is 20.8 Å². The Labute approximate surface area is 313 Å². The number of hydrogen-bond donors (Lipinski definition) is 0. The van der Waals surface area contributed by atoms with Crippen molar-refractivity contribution in [1.82, 2.24) is 0 Å². The molecule has 2 aliphatic heterocycles. The topological polar surface area (TPSA) is 6.48 Å². The molecule has 2 aliphatic rings. The highest BCUT2D eigenvalue weighted by Crippen LogP contribution is 2.40. The molecule has 2 nitrogen and oxygen atoms in total. The van der Waals surface area contributed by atoms with Crippen LogP contribution in [0.5, 0.6) is 0 Å². The number of anilines is 4. The van der Waals surface area contributed by atoms with E-state index in [9.17, 15) is 0 Å². The van der Waals surface area contributed by atoms with Gasteiger partial charge in [0.1, 0.15) is 0 Å². The monoisotopic (exact) mass is 677 g/mol. The van der Waals surface area contributed by atoms with Crippen LogP contribution in [0.1, 0.15) is 1.37 Å². The molecule has 0 atom stereocenters. The summed E-state index contributed by atoms with van der Waals surface area (Å²) < 4.78 is 8.96. The van der Waals surface area contributed by atoms with Gasteiger partial charge in [-0.3, -0.25) is 0 Å². The lowest BCUT2D eigenvalue weighted by Crippen LogP contribution is -2.61. The molecule has 0 amide bonds. The van der Waals surface area contributed by atoms with E-state index in [1.54, 1.807) is 0 Å². The van der Waals surface area contributed by atoms with Crippen molar-refractivity contribution in [1.29, 1.82) is 0 Å². The van der Waals surface area contributed by atoms with Crippen LogP contribution in [0.4, 0.5) is 22.7 Å². The van der Waals surface area contributed by atoms with E-state index in [1.165, 1.54) is 55.8 Å². The zero-order chi connectivity index (χ0) is 36.3. The Bertz CT molecular complexity index is 2590. The minimum absolute atomic E-state index is 0.177. The van der Waals surface area contributed by atoms with Crippen molar-refractivity contribution in [2.45, 2.75) is 0 Å². The second-order valence-corrected chi connectivity index (χ2v) is 14.2. The molecule has 250 valence electrons. The maximum Gasteiger partial charge on any atom is 0.252 e. The summed E-state index contributed by atoms with van der Waals surface area (Å²) in [7, 11) is 4.39. The van der Waals surface area contributed by atoms with Gasteiger partial charge in [0.25, 0.3) is 6.71 Å². The van der Waals surface area contributed by atoms with Crippen molar-refractivity contribution in [3.8, 4) is 55.6 Å². The van der Waals surface area contributed by atoms with Crippen LogP contribution in [0.25, 0.3) is 55.6 Å². The number of fused-ring (bicyclic) bond motifs is 4. The number of benzene rings is 8. The van der Waals surface area contributed by atoms with Gasteiger partial charge in [-0.1, -0.05) is 133 Å². The fourth-order valence-corrected chi connectivity index (χ4v) is 8.53. The zero-order valence-electron chi connectivity index (χ0n) is 30.8. The van der Waals surface area contributed by atoms with Crippen LogP contribution in [-0.2, 0) is 0 Å². The Balaban J connectivity index is 1.09. The molecule has 8 aromatic rings. The maximum atomic E-state index is 8.96. The van der Waals surface area contributed by atoms with E-state index in [4.69, 9.17) is 1.37 Å². The fourth-order valence-electron chi connectivity index (χ4n) is 8.53. The van der Waals surface area contributed by atoms with Gasteiger partial charge in [0, 0.05) is 36.8 Å². The quantitative estimate of drug-likeness (QED) is 0.167. The largest absolute Gasteiger partial charge is 0.345 e. The molecule has 0 N–H and O–H groups in total. The third-order valence-electron chi connectivity index (χ3n) is 11.2. The molecule has 0 saturated heterocycles. The summed E-state index contributed by atoms with van der Waals surface area (Å²) in [4.78, 5) is 4.73. The van der Waals surface area contributed by atoms with E-state index < -0.39 is 0 Å². The molecule has 0 radical (unpaired) electrons. The molecule has 0 aromatic heterocycles. The number of hydrogen-bond acceptors (Lipinski definition) is 2. The van der Waals surface area contributed by atoms with Crippen LogP contribution in [0.15, 0.2) is 188 Å². The number of para-hydroxylation sites is 2. The number of nitrogens with zero attached hydrogens (tertiary/aromatic N) is 2. The Morgan fingerprint density at radius 2 is 0.698 bits per heavy atom. The number of rotatable bonds is 5. The van der Waals surface area contributed by atoms with Gasteiger partial charge in [-0.25, -0.2) is 0 Å². The van der Waals surface area contributed by atoms with E-state index in [2.05, 4.69) is 194 Å². The highest BCUT2D eigenvalue weighted by molar-refractivity contribution is 7.00. The standard InChI is InChI=1S/C50H37BN2/c1-52-46-25-11-9-23-44(46)51-45-24-10-12-26-47(45)53(2)49-33-43(32-48(52)50(49)51)39-22-14-20-37(28-39)36-19-13-21-38(27-36)42-30-40(34-15-5-3-6-16-34)29-41(31-42)35-17-7-4-8-18-35/h3-33H,1-2H3/i13D. The lowest BCUT2D eigenvalue weighted by Gasteiger charge is -2.42. The van der Waals surface area contributed by atoms with Crippen molar-refractivity contribution in [2.24, 2.45) is 0 Å². The van der Waals surface area contributed by atoms with E-state index in [0.29, 0.717) is 6.04 Å². The minimum Gasteiger partial charge on any atom is -0.345 e. The van der Waals surface area contributed by atoms with E-state index in [-0.39, 0.29) is 6.71 Å². The molecule has 0 fully saturated rings. The van der Waals surface area contributed by atoms with E-state index in [0.717, 1.165) is 38.9 Å². The third kappa shape index (κ3) is 5.28. The van der Waals surface area contributed by atoms with Crippen molar-refractivity contribution in [2.75, 3.05) is 23.9 Å². The third-order valence-corrected chi connectivity index (χ3v) is 11.2. The van der Waals surface area contributed by atoms with E-state index >= 15 is 0 Å². The predicted octanol–water partition coefficient (Wildman–Crippen LogP) is 10.7. The van der Waals surface area contributed by atoms with Crippen molar-refractivity contribution in [3.63, 3.8) is 0 Å². The summed E-state index contributed by atoms with van der Waals surface area (Å²) in [6, 6.07) is 65.8. The Morgan fingerprint density at radius 3 is 1.23 bits per heavy atom. The molecule has 2 heterocycles. The molecule has 3 heteroatoms. The second-order valence-electron chi connectivity index (χ2n) is 14.2. The fraction of sp³-hybridized carbons (Fsp3) is 0.0400. The Morgan fingerprint density at radius 1 is 0.340 bits per heavy atom. The van der Waals surface area contributed by atoms with Crippen LogP contribution in [0, 0.1) is 0 Å². The molecular weight excluding hydrogens is 639 g/mol. The molecule has 10 rings (SSSR count). The van der Waals surface area contributed by atoms with Gasteiger partial charge in [0.15, 0.2) is 0 Å². The van der Waals surface area contributed by atoms with Crippen molar-refractivity contribution in [3.05, 3.63) is 188 Å². The van der Waals surface area contributed by atoms with Gasteiger partial charge in [-0.2, -0.15) is 0 Å². The molecule has 0 aliphatic carbocycles. The molecule has 0 bridgehead atoms. The highest BCUT2D eigenvalue weighted by Gasteiger charge is 2.40. The van der Waals surface area contributed by atoms with Gasteiger partial charge in [0.05, 0.1) is 1.37 Å². The van der Waals surface area contributed by atoms with Gasteiger partial charge >= 0.3 is 0 Å². The predicted molar refractivity (Wildman–Crippen MR) is 227 cm³/mol. The molecular formula is C50H37BN2. The minimum atomic E-state index is 0.177. The van der Waals surface area contributed by atoms with Gasteiger partial charge in [0.2, 0.25) is 0 Å². The van der Waals surface area contributed by atoms with Crippen LogP contribution in [0.2, 0.25) is 0 Å². The van der Waals surface area contributed by atoms with Crippen LogP contribution < -0.4 is 26.2 Å². The first-order valence-electron chi connectivity index (χ1n) is 18.8. The Hall–Kier alpha value is -6.58. The molecule has 0 saturated carbocycles. The summed E-state index contributed by atoms with van der Waals surface area (Å²) in [6.07, 6.45) is 0. The normalized spacial score (nSPS) is 12.9. The van der Waals surface area contributed by atoms with Crippen molar-refractivity contribution < 1.29 is 1.37 Å². The first kappa shape index (κ1) is 30.1. The lowest BCUT2D eigenvalue weighted by atomic mass is 9.33. The van der Waals surface area contributed by atoms with Gasteiger partial charge in [-0.05, 0) is 127 Å². The summed E-state index contributed by atoms with van der Waals surface area (Å²) in [5, 5.41) is 0. The first-order chi connectivity index (χ1) is 26.5. The Kier molecular flexibility index (Phi) is 7.14. The van der Waals surface area contributed by atoms with Crippen LogP contribution in [0.3, 0.4) is 0 Å².